The molecule has 2 fully saturated rings. The second-order valence-corrected chi connectivity index (χ2v) is 8.26. The van der Waals surface area contributed by atoms with Gasteiger partial charge in [-0.2, -0.15) is 0 Å². The van der Waals surface area contributed by atoms with E-state index in [0.717, 1.165) is 25.9 Å². The summed E-state index contributed by atoms with van der Waals surface area (Å²) in [6.45, 7) is 15.7. The van der Waals surface area contributed by atoms with Crippen molar-refractivity contribution in [3.05, 3.63) is 0 Å². The number of aliphatic hydroxyl groups excluding tert-OH is 1. The first-order chi connectivity index (χ1) is 9.64. The maximum atomic E-state index is 11.5. The lowest BCUT2D eigenvalue weighted by atomic mass is 9.60. The van der Waals surface area contributed by atoms with Gasteiger partial charge in [0.15, 0.2) is 0 Å². The van der Waals surface area contributed by atoms with Crippen molar-refractivity contribution in [1.82, 2.24) is 4.90 Å². The fourth-order valence-electron chi connectivity index (χ4n) is 5.24. The predicted octanol–water partition coefficient (Wildman–Crippen LogP) is 2.90. The Labute approximate surface area is 130 Å². The molecule has 0 heterocycles. The van der Waals surface area contributed by atoms with E-state index >= 15 is 0 Å². The number of aliphatic hydroxyl groups is 2. The van der Waals surface area contributed by atoms with E-state index in [0.29, 0.717) is 12.5 Å². The number of hydrogen-bond donors (Lipinski definition) is 2. The Hall–Kier alpha value is -0.120. The van der Waals surface area contributed by atoms with Crippen LogP contribution in [0.1, 0.15) is 60.8 Å². The molecule has 0 radical (unpaired) electrons. The van der Waals surface area contributed by atoms with E-state index in [2.05, 4.69) is 46.4 Å². The van der Waals surface area contributed by atoms with Crippen molar-refractivity contribution in [3.8, 4) is 0 Å². The van der Waals surface area contributed by atoms with E-state index in [-0.39, 0.29) is 16.7 Å². The summed E-state index contributed by atoms with van der Waals surface area (Å²) in [6, 6.07) is 0. The van der Waals surface area contributed by atoms with Crippen LogP contribution in [0.2, 0.25) is 0 Å². The van der Waals surface area contributed by atoms with Crippen molar-refractivity contribution in [2.75, 3.05) is 19.6 Å². The van der Waals surface area contributed by atoms with Crippen LogP contribution in [0.3, 0.4) is 0 Å². The smallest absolute Gasteiger partial charge is 0.0759 e. The van der Waals surface area contributed by atoms with Gasteiger partial charge in [-0.25, -0.2) is 0 Å². The molecule has 2 aliphatic rings. The zero-order valence-corrected chi connectivity index (χ0v) is 14.8. The van der Waals surface area contributed by atoms with Crippen LogP contribution in [0.5, 0.6) is 0 Å². The molecule has 0 amide bonds. The number of fused-ring (bicyclic) bond motifs is 2. The molecule has 2 aliphatic carbocycles. The number of likely N-dealkylation sites (N-methyl/N-ethyl adjacent to an activating group) is 1. The van der Waals surface area contributed by atoms with E-state index in [9.17, 15) is 10.2 Å². The van der Waals surface area contributed by atoms with Crippen molar-refractivity contribution in [1.29, 1.82) is 0 Å². The molecule has 0 unspecified atom stereocenters. The summed E-state index contributed by atoms with van der Waals surface area (Å²) in [7, 11) is 0. The Morgan fingerprint density at radius 3 is 2.14 bits per heavy atom. The molecule has 0 saturated heterocycles. The van der Waals surface area contributed by atoms with Crippen LogP contribution in [0.4, 0.5) is 0 Å². The number of rotatable bonds is 6. The normalized spacial score (nSPS) is 40.7. The van der Waals surface area contributed by atoms with Gasteiger partial charge in [0.05, 0.1) is 11.7 Å². The van der Waals surface area contributed by atoms with Crippen LogP contribution in [0.25, 0.3) is 0 Å². The molecule has 5 atom stereocenters. The average Bonchev–Trinajstić information content (AvgIpc) is 2.75. The van der Waals surface area contributed by atoms with Gasteiger partial charge in [-0.1, -0.05) is 41.5 Å². The lowest BCUT2D eigenvalue weighted by Crippen LogP contribution is -2.56. The second-order valence-electron chi connectivity index (χ2n) is 8.26. The molecule has 3 heteroatoms. The maximum Gasteiger partial charge on any atom is 0.0759 e. The summed E-state index contributed by atoms with van der Waals surface area (Å²) >= 11 is 0. The molecule has 2 bridgehead atoms. The van der Waals surface area contributed by atoms with E-state index in [4.69, 9.17) is 0 Å². The highest BCUT2D eigenvalue weighted by molar-refractivity contribution is 5.19. The van der Waals surface area contributed by atoms with Crippen molar-refractivity contribution in [2.45, 2.75) is 72.5 Å². The molecule has 0 aromatic carbocycles. The quantitative estimate of drug-likeness (QED) is 0.792. The van der Waals surface area contributed by atoms with Crippen LogP contribution < -0.4 is 0 Å². The molecular weight excluding hydrogens is 262 g/mol. The Morgan fingerprint density at radius 1 is 1.19 bits per heavy atom. The molecule has 2 N–H and O–H groups in total. The molecule has 2 saturated carbocycles. The van der Waals surface area contributed by atoms with Crippen molar-refractivity contribution >= 4 is 0 Å². The van der Waals surface area contributed by atoms with Crippen LogP contribution in [0, 0.1) is 22.7 Å². The largest absolute Gasteiger partial charge is 0.391 e. The van der Waals surface area contributed by atoms with Gasteiger partial charge in [-0.15, -0.1) is 0 Å². The van der Waals surface area contributed by atoms with Crippen molar-refractivity contribution in [2.24, 2.45) is 22.7 Å². The lowest BCUT2D eigenvalue weighted by molar-refractivity contribution is -0.154. The van der Waals surface area contributed by atoms with Gasteiger partial charge < -0.3 is 15.1 Å². The van der Waals surface area contributed by atoms with Gasteiger partial charge in [0.25, 0.3) is 0 Å². The van der Waals surface area contributed by atoms with E-state index in [1.54, 1.807) is 0 Å². The lowest BCUT2D eigenvalue weighted by Gasteiger charge is -2.50. The molecule has 21 heavy (non-hydrogen) atoms. The van der Waals surface area contributed by atoms with Crippen LogP contribution in [0.15, 0.2) is 0 Å². The zero-order valence-electron chi connectivity index (χ0n) is 14.8. The number of nitrogens with zero attached hydrogens (tertiary/aromatic N) is 1. The highest BCUT2D eigenvalue weighted by atomic mass is 16.3. The first-order valence-corrected chi connectivity index (χ1v) is 8.76. The fraction of sp³-hybridized carbons (Fsp3) is 1.00. The SMILES string of the molecule is CCN(CC)C[C@H](O)[C@@H](C)[C@@]1(O)C[C@H]2CC[C@]1(C)C2(C)C. The third-order valence-electron chi connectivity index (χ3n) is 7.62. The van der Waals surface area contributed by atoms with E-state index in [1.807, 2.05) is 0 Å². The molecule has 3 nitrogen and oxygen atoms in total. The van der Waals surface area contributed by atoms with E-state index in [1.165, 1.54) is 6.42 Å². The molecule has 2 rings (SSSR count). The molecule has 0 aromatic rings. The Kier molecular flexibility index (Phi) is 4.52. The van der Waals surface area contributed by atoms with Gasteiger partial charge in [0.1, 0.15) is 0 Å². The first kappa shape index (κ1) is 17.2. The minimum atomic E-state index is -0.730. The van der Waals surface area contributed by atoms with Gasteiger partial charge in [0.2, 0.25) is 0 Å². The zero-order chi connectivity index (χ0) is 16.1. The molecule has 0 aromatic heterocycles. The van der Waals surface area contributed by atoms with Gasteiger partial charge in [0, 0.05) is 17.9 Å². The summed E-state index contributed by atoms with van der Waals surface area (Å²) in [5, 5.41) is 22.2. The maximum absolute atomic E-state index is 11.5. The Balaban J connectivity index is 2.17. The fourth-order valence-corrected chi connectivity index (χ4v) is 5.24. The summed E-state index contributed by atoms with van der Waals surface area (Å²) in [5.74, 6) is 0.517. The molecule has 124 valence electrons. The summed E-state index contributed by atoms with van der Waals surface area (Å²) in [6.07, 6.45) is 2.71. The topological polar surface area (TPSA) is 43.7 Å². The highest BCUT2D eigenvalue weighted by Crippen LogP contribution is 2.71. The molecule has 0 spiro atoms. The van der Waals surface area contributed by atoms with E-state index < -0.39 is 11.7 Å². The molecule has 0 aliphatic heterocycles. The number of hydrogen-bond acceptors (Lipinski definition) is 3. The predicted molar refractivity (Wildman–Crippen MR) is 87.1 cm³/mol. The highest BCUT2D eigenvalue weighted by Gasteiger charge is 2.70. The summed E-state index contributed by atoms with van der Waals surface area (Å²) in [4.78, 5) is 2.24. The first-order valence-electron chi connectivity index (χ1n) is 8.76. The van der Waals surface area contributed by atoms with Gasteiger partial charge >= 0.3 is 0 Å². The van der Waals surface area contributed by atoms with Crippen LogP contribution in [-0.4, -0.2) is 46.5 Å². The third-order valence-corrected chi connectivity index (χ3v) is 7.62. The van der Waals surface area contributed by atoms with Crippen LogP contribution >= 0.6 is 0 Å². The van der Waals surface area contributed by atoms with Crippen LogP contribution in [-0.2, 0) is 0 Å². The van der Waals surface area contributed by atoms with Crippen molar-refractivity contribution in [3.63, 3.8) is 0 Å². The summed E-state index contributed by atoms with van der Waals surface area (Å²) < 4.78 is 0. The Morgan fingerprint density at radius 2 is 1.76 bits per heavy atom. The minimum absolute atomic E-state index is 0.0751. The summed E-state index contributed by atoms with van der Waals surface area (Å²) in [5.41, 5.74) is -0.634. The van der Waals surface area contributed by atoms with Crippen molar-refractivity contribution < 1.29 is 10.2 Å². The van der Waals surface area contributed by atoms with Gasteiger partial charge in [-0.05, 0) is 43.7 Å². The third kappa shape index (κ3) is 2.27. The second kappa shape index (κ2) is 5.50. The monoisotopic (exact) mass is 297 g/mol. The molecular formula is C18H35NO2. The minimum Gasteiger partial charge on any atom is -0.391 e. The average molecular weight is 297 g/mol. The Bertz CT molecular complexity index is 379. The standard InChI is InChI=1S/C18H35NO2/c1-7-19(8-2)12-15(20)13(3)18(21)11-14-9-10-17(18,6)16(14,4)5/h13-15,20-21H,7-12H2,1-6H3/t13-,14-,15+,17-,18+/m1/s1. The van der Waals surface area contributed by atoms with Gasteiger partial charge in [-0.3, -0.25) is 0 Å².